The number of anilines is 1. The summed E-state index contributed by atoms with van der Waals surface area (Å²) in [5.41, 5.74) is 7.25. The fourth-order valence-corrected chi connectivity index (χ4v) is 2.15. The monoisotopic (exact) mass is 239 g/mol. The molecule has 0 saturated heterocycles. The van der Waals surface area contributed by atoms with Crippen molar-refractivity contribution >= 4 is 23.3 Å². The molecule has 0 unspecified atom stereocenters. The first-order valence-corrected chi connectivity index (χ1v) is 5.72. The topological polar surface area (TPSA) is 63.3 Å². The number of aliphatic carboxylic acids is 1. The molecule has 1 aromatic rings. The van der Waals surface area contributed by atoms with Crippen molar-refractivity contribution in [1.82, 2.24) is 0 Å². The van der Waals surface area contributed by atoms with Crippen molar-refractivity contribution in [1.29, 1.82) is 0 Å². The lowest BCUT2D eigenvalue weighted by atomic mass is 9.91. The molecule has 16 heavy (non-hydrogen) atoms. The molecule has 3 N–H and O–H groups in total. The predicted molar refractivity (Wildman–Crippen MR) is 63.6 cm³/mol. The number of halogens is 1. The van der Waals surface area contributed by atoms with Crippen molar-refractivity contribution in [2.75, 3.05) is 5.73 Å². The normalized spacial score (nSPS) is 17.1. The number of carboxylic acid groups (broad SMARTS) is 1. The summed E-state index contributed by atoms with van der Waals surface area (Å²) in [6.07, 6.45) is 2.40. The Morgan fingerprint density at radius 2 is 2.25 bits per heavy atom. The third kappa shape index (κ3) is 2.47. The molecule has 1 aromatic carbocycles. The van der Waals surface area contributed by atoms with E-state index in [4.69, 9.17) is 22.4 Å². The van der Waals surface area contributed by atoms with E-state index in [1.165, 1.54) is 0 Å². The lowest BCUT2D eigenvalue weighted by Crippen LogP contribution is -2.08. The molecule has 86 valence electrons. The van der Waals surface area contributed by atoms with E-state index in [9.17, 15) is 4.79 Å². The van der Waals surface area contributed by atoms with Gasteiger partial charge in [-0.05, 0) is 42.4 Å². The zero-order valence-electron chi connectivity index (χ0n) is 8.82. The van der Waals surface area contributed by atoms with Crippen molar-refractivity contribution in [2.24, 2.45) is 5.92 Å². The quantitative estimate of drug-likeness (QED) is 0.794. The van der Waals surface area contributed by atoms with Crippen molar-refractivity contribution in [3.05, 3.63) is 28.8 Å². The average Bonchev–Trinajstić information content (AvgIpc) is 3.02. The highest BCUT2D eigenvalue weighted by Crippen LogP contribution is 2.45. The summed E-state index contributed by atoms with van der Waals surface area (Å²) in [6.45, 7) is 0. The number of nitrogens with two attached hydrogens (primary N) is 1. The molecule has 0 aliphatic heterocycles. The number of nitrogen functional groups attached to an aromatic ring is 1. The minimum absolute atomic E-state index is 0.0806. The van der Waals surface area contributed by atoms with Gasteiger partial charge in [-0.25, -0.2) is 0 Å². The molecule has 4 heteroatoms. The van der Waals surface area contributed by atoms with Gasteiger partial charge in [0.2, 0.25) is 0 Å². The first-order valence-electron chi connectivity index (χ1n) is 5.34. The molecular formula is C12H14ClNO2. The van der Waals surface area contributed by atoms with Gasteiger partial charge in [-0.15, -0.1) is 0 Å². The third-order valence-corrected chi connectivity index (χ3v) is 3.38. The SMILES string of the molecule is Nc1cc([C@@H](CC(=O)O)C2CC2)ccc1Cl. The second kappa shape index (κ2) is 4.34. The van der Waals surface area contributed by atoms with Gasteiger partial charge in [0.15, 0.2) is 0 Å². The zero-order valence-corrected chi connectivity index (χ0v) is 9.57. The largest absolute Gasteiger partial charge is 0.481 e. The lowest BCUT2D eigenvalue weighted by molar-refractivity contribution is -0.137. The number of hydrogen-bond acceptors (Lipinski definition) is 2. The summed E-state index contributed by atoms with van der Waals surface area (Å²) in [7, 11) is 0. The summed E-state index contributed by atoms with van der Waals surface area (Å²) in [4.78, 5) is 10.8. The smallest absolute Gasteiger partial charge is 0.303 e. The lowest BCUT2D eigenvalue weighted by Gasteiger charge is -2.15. The fraction of sp³-hybridized carbons (Fsp3) is 0.417. The molecule has 0 bridgehead atoms. The maximum absolute atomic E-state index is 10.8. The second-order valence-corrected chi connectivity index (χ2v) is 4.73. The molecule has 3 nitrogen and oxygen atoms in total. The maximum atomic E-state index is 10.8. The highest BCUT2D eigenvalue weighted by molar-refractivity contribution is 6.33. The minimum Gasteiger partial charge on any atom is -0.481 e. The van der Waals surface area contributed by atoms with Crippen LogP contribution >= 0.6 is 11.6 Å². The summed E-state index contributed by atoms with van der Waals surface area (Å²) in [5, 5.41) is 9.41. The molecule has 1 fully saturated rings. The number of carbonyl (C=O) groups is 1. The van der Waals surface area contributed by atoms with Crippen LogP contribution in [0.1, 0.15) is 30.7 Å². The standard InChI is InChI=1S/C12H14ClNO2/c13-10-4-3-8(5-11(10)14)9(6-12(15)16)7-1-2-7/h3-5,7,9H,1-2,6,14H2,(H,15,16)/t9-/m0/s1. The highest BCUT2D eigenvalue weighted by atomic mass is 35.5. The Kier molecular flexibility index (Phi) is 3.06. The van der Waals surface area contributed by atoms with Gasteiger partial charge < -0.3 is 10.8 Å². The average molecular weight is 240 g/mol. The van der Waals surface area contributed by atoms with Crippen molar-refractivity contribution < 1.29 is 9.90 Å². The summed E-state index contributed by atoms with van der Waals surface area (Å²) >= 11 is 5.84. The van der Waals surface area contributed by atoms with E-state index >= 15 is 0 Å². The van der Waals surface area contributed by atoms with E-state index in [1.54, 1.807) is 12.1 Å². The van der Waals surface area contributed by atoms with E-state index in [2.05, 4.69) is 0 Å². The van der Waals surface area contributed by atoms with E-state index in [0.717, 1.165) is 18.4 Å². The van der Waals surface area contributed by atoms with Crippen molar-refractivity contribution in [2.45, 2.75) is 25.2 Å². The summed E-state index contributed by atoms with van der Waals surface area (Å²) in [5.74, 6) is -0.181. The van der Waals surface area contributed by atoms with Gasteiger partial charge in [-0.3, -0.25) is 4.79 Å². The van der Waals surface area contributed by atoms with Gasteiger partial charge in [0.25, 0.3) is 0 Å². The Hall–Kier alpha value is -1.22. The van der Waals surface area contributed by atoms with Gasteiger partial charge in [0, 0.05) is 0 Å². The van der Waals surface area contributed by atoms with Gasteiger partial charge in [0.05, 0.1) is 17.1 Å². The van der Waals surface area contributed by atoms with Crippen LogP contribution in [0, 0.1) is 5.92 Å². The Bertz CT molecular complexity index is 415. The number of benzene rings is 1. The molecule has 0 amide bonds. The summed E-state index contributed by atoms with van der Waals surface area (Å²) < 4.78 is 0. The zero-order chi connectivity index (χ0) is 11.7. The van der Waals surface area contributed by atoms with Gasteiger partial charge >= 0.3 is 5.97 Å². The van der Waals surface area contributed by atoms with E-state index in [0.29, 0.717) is 16.6 Å². The highest BCUT2D eigenvalue weighted by Gasteiger charge is 2.33. The van der Waals surface area contributed by atoms with E-state index in [-0.39, 0.29) is 12.3 Å². The molecule has 1 saturated carbocycles. The van der Waals surface area contributed by atoms with Gasteiger partial charge in [-0.1, -0.05) is 17.7 Å². The van der Waals surface area contributed by atoms with Crippen LogP contribution in [0.15, 0.2) is 18.2 Å². The Labute approximate surface area is 99.2 Å². The maximum Gasteiger partial charge on any atom is 0.303 e. The van der Waals surface area contributed by atoms with Crippen molar-refractivity contribution in [3.8, 4) is 0 Å². The molecule has 0 aromatic heterocycles. The van der Waals surface area contributed by atoms with Crippen LogP contribution in [0.5, 0.6) is 0 Å². The van der Waals surface area contributed by atoms with Crippen LogP contribution in [0.4, 0.5) is 5.69 Å². The van der Waals surface area contributed by atoms with Gasteiger partial charge in [-0.2, -0.15) is 0 Å². The fourth-order valence-electron chi connectivity index (χ4n) is 2.04. The first-order chi connectivity index (χ1) is 7.58. The first kappa shape index (κ1) is 11.3. The third-order valence-electron chi connectivity index (χ3n) is 3.03. The molecule has 0 radical (unpaired) electrons. The summed E-state index contributed by atoms with van der Waals surface area (Å²) in [6, 6.07) is 5.42. The Morgan fingerprint density at radius 3 is 2.75 bits per heavy atom. The number of carboxylic acids is 1. The van der Waals surface area contributed by atoms with Crippen LogP contribution in [-0.2, 0) is 4.79 Å². The molecule has 1 atom stereocenters. The minimum atomic E-state index is -0.759. The molecule has 2 rings (SSSR count). The molecule has 0 heterocycles. The van der Waals surface area contributed by atoms with Crippen molar-refractivity contribution in [3.63, 3.8) is 0 Å². The molecule has 1 aliphatic rings. The van der Waals surface area contributed by atoms with Gasteiger partial charge in [0.1, 0.15) is 0 Å². The predicted octanol–water partition coefficient (Wildman–Crippen LogP) is 2.89. The number of hydrogen-bond donors (Lipinski definition) is 2. The Balaban J connectivity index is 2.24. The molecular weight excluding hydrogens is 226 g/mol. The van der Waals surface area contributed by atoms with Crippen LogP contribution in [-0.4, -0.2) is 11.1 Å². The van der Waals surface area contributed by atoms with E-state index in [1.807, 2.05) is 6.07 Å². The Morgan fingerprint density at radius 1 is 1.56 bits per heavy atom. The van der Waals surface area contributed by atoms with Crippen LogP contribution in [0.25, 0.3) is 0 Å². The molecule has 0 spiro atoms. The second-order valence-electron chi connectivity index (χ2n) is 4.32. The number of rotatable bonds is 4. The van der Waals surface area contributed by atoms with Crippen LogP contribution < -0.4 is 5.73 Å². The van der Waals surface area contributed by atoms with Crippen LogP contribution in [0.3, 0.4) is 0 Å². The van der Waals surface area contributed by atoms with Crippen LogP contribution in [0.2, 0.25) is 5.02 Å². The van der Waals surface area contributed by atoms with E-state index < -0.39 is 5.97 Å². The molecule has 1 aliphatic carbocycles.